The van der Waals surface area contributed by atoms with Crippen molar-refractivity contribution in [3.8, 4) is 0 Å². The fourth-order valence-corrected chi connectivity index (χ4v) is 1.84. The van der Waals surface area contributed by atoms with E-state index in [1.54, 1.807) is 0 Å². The Labute approximate surface area is 106 Å². The predicted octanol–water partition coefficient (Wildman–Crippen LogP) is 2.16. The van der Waals surface area contributed by atoms with E-state index < -0.39 is 6.55 Å². The molecule has 0 radical (unpaired) electrons. The lowest BCUT2D eigenvalue weighted by Crippen LogP contribution is -2.41. The molecule has 0 aliphatic carbocycles. The van der Waals surface area contributed by atoms with E-state index in [9.17, 15) is 8.78 Å². The van der Waals surface area contributed by atoms with E-state index in [-0.39, 0.29) is 24.6 Å². The number of aromatic nitrogens is 2. The maximum absolute atomic E-state index is 12.6. The number of alkyl halides is 2. The summed E-state index contributed by atoms with van der Waals surface area (Å²) in [6.45, 7) is 3.88. The minimum absolute atomic E-state index is 0.0466. The van der Waals surface area contributed by atoms with E-state index >= 15 is 0 Å². The molecule has 4 nitrogen and oxygen atoms in total. The van der Waals surface area contributed by atoms with Gasteiger partial charge >= 0.3 is 6.55 Å². The topological polar surface area (TPSA) is 50.1 Å². The quantitative estimate of drug-likeness (QED) is 0.825. The van der Waals surface area contributed by atoms with Gasteiger partial charge in [-0.3, -0.25) is 4.57 Å². The van der Waals surface area contributed by atoms with Crippen LogP contribution in [0, 0.1) is 5.41 Å². The smallest absolute Gasteiger partial charge is 0.319 e. The molecule has 1 aromatic heterocycles. The summed E-state index contributed by atoms with van der Waals surface area (Å²) in [7, 11) is 0. The molecule has 104 valence electrons. The maximum Gasteiger partial charge on any atom is 0.319 e. The molecule has 0 aliphatic rings. The van der Waals surface area contributed by atoms with Crippen molar-refractivity contribution in [3.05, 3.63) is 18.2 Å². The minimum atomic E-state index is -2.57. The van der Waals surface area contributed by atoms with Crippen LogP contribution in [-0.4, -0.2) is 27.3 Å². The summed E-state index contributed by atoms with van der Waals surface area (Å²) in [5.74, 6) is 0.303. The summed E-state index contributed by atoms with van der Waals surface area (Å²) in [6, 6.07) is 0.0466. The van der Waals surface area contributed by atoms with Gasteiger partial charge in [0.05, 0.1) is 6.54 Å². The first-order chi connectivity index (χ1) is 8.36. The Morgan fingerprint density at radius 1 is 1.44 bits per heavy atom. The van der Waals surface area contributed by atoms with Crippen LogP contribution in [-0.2, 0) is 6.54 Å². The zero-order valence-electron chi connectivity index (χ0n) is 11.0. The second kappa shape index (κ2) is 6.24. The Balaban J connectivity index is 2.64. The average Bonchev–Trinajstić information content (AvgIpc) is 2.70. The summed E-state index contributed by atoms with van der Waals surface area (Å²) >= 11 is 0. The molecule has 1 aromatic rings. The van der Waals surface area contributed by atoms with Gasteiger partial charge in [-0.25, -0.2) is 4.98 Å². The highest BCUT2D eigenvalue weighted by Gasteiger charge is 2.24. The van der Waals surface area contributed by atoms with E-state index in [0.29, 0.717) is 12.2 Å². The first-order valence-electron chi connectivity index (χ1n) is 6.00. The molecule has 18 heavy (non-hydrogen) atoms. The number of nitrogens with one attached hydrogen (secondary N) is 1. The second-order valence-electron chi connectivity index (χ2n) is 5.34. The van der Waals surface area contributed by atoms with Crippen molar-refractivity contribution >= 4 is 0 Å². The van der Waals surface area contributed by atoms with Crippen LogP contribution in [0.3, 0.4) is 0 Å². The number of imidazole rings is 1. The van der Waals surface area contributed by atoms with Crippen molar-refractivity contribution in [1.82, 2.24) is 14.9 Å². The van der Waals surface area contributed by atoms with Crippen LogP contribution >= 0.6 is 0 Å². The van der Waals surface area contributed by atoms with Crippen LogP contribution in [0.25, 0.3) is 0 Å². The van der Waals surface area contributed by atoms with Crippen molar-refractivity contribution in [2.24, 2.45) is 5.41 Å². The molecule has 0 fully saturated rings. The van der Waals surface area contributed by atoms with Gasteiger partial charge in [-0.05, 0) is 11.8 Å². The van der Waals surface area contributed by atoms with Crippen LogP contribution in [0.15, 0.2) is 12.4 Å². The number of aliphatic hydroxyl groups excluding tert-OH is 1. The zero-order valence-corrected chi connectivity index (χ0v) is 11.0. The first-order valence-corrected chi connectivity index (χ1v) is 6.00. The Morgan fingerprint density at radius 3 is 2.61 bits per heavy atom. The van der Waals surface area contributed by atoms with E-state index in [1.165, 1.54) is 12.4 Å². The standard InChI is InChI=1S/C12H21F2N3O/c1-12(2,3)9(4-7-18)16-8-10-15-5-6-17(10)11(13)14/h5-6,9,11,16,18H,4,7-8H2,1-3H3. The van der Waals surface area contributed by atoms with Gasteiger partial charge in [0.1, 0.15) is 5.82 Å². The van der Waals surface area contributed by atoms with Crippen LogP contribution in [0.2, 0.25) is 0 Å². The van der Waals surface area contributed by atoms with E-state index in [2.05, 4.69) is 10.3 Å². The van der Waals surface area contributed by atoms with Crippen LogP contribution < -0.4 is 5.32 Å². The van der Waals surface area contributed by atoms with Gasteiger partial charge < -0.3 is 10.4 Å². The molecule has 2 N–H and O–H groups in total. The molecular weight excluding hydrogens is 240 g/mol. The van der Waals surface area contributed by atoms with Crippen molar-refractivity contribution in [3.63, 3.8) is 0 Å². The fraction of sp³-hybridized carbons (Fsp3) is 0.750. The minimum Gasteiger partial charge on any atom is -0.396 e. The third kappa shape index (κ3) is 4.03. The number of nitrogens with zero attached hydrogens (tertiary/aromatic N) is 2. The normalized spacial score (nSPS) is 14.2. The van der Waals surface area contributed by atoms with Gasteiger partial charge in [0.15, 0.2) is 0 Å². The molecule has 6 heteroatoms. The molecule has 1 rings (SSSR count). The second-order valence-corrected chi connectivity index (χ2v) is 5.34. The highest BCUT2D eigenvalue weighted by atomic mass is 19.3. The molecule has 0 aromatic carbocycles. The highest BCUT2D eigenvalue weighted by Crippen LogP contribution is 2.22. The van der Waals surface area contributed by atoms with Crippen molar-refractivity contribution in [1.29, 1.82) is 0 Å². The summed E-state index contributed by atoms with van der Waals surface area (Å²) in [5.41, 5.74) is -0.0506. The third-order valence-corrected chi connectivity index (χ3v) is 2.93. The Kier molecular flexibility index (Phi) is 5.22. The number of halogens is 2. The first kappa shape index (κ1) is 15.0. The van der Waals surface area contributed by atoms with Gasteiger partial charge in [0, 0.05) is 25.0 Å². The lowest BCUT2D eigenvalue weighted by Gasteiger charge is -2.31. The molecule has 0 aliphatic heterocycles. The molecule has 0 spiro atoms. The Bertz CT molecular complexity index is 360. The molecule has 1 unspecified atom stereocenters. The van der Waals surface area contributed by atoms with Gasteiger partial charge in [0.25, 0.3) is 0 Å². The monoisotopic (exact) mass is 261 g/mol. The largest absolute Gasteiger partial charge is 0.396 e. The lowest BCUT2D eigenvalue weighted by atomic mass is 9.85. The van der Waals surface area contributed by atoms with Gasteiger partial charge in [-0.1, -0.05) is 20.8 Å². The van der Waals surface area contributed by atoms with E-state index in [1.807, 2.05) is 20.8 Å². The molecule has 1 heterocycles. The SMILES string of the molecule is CC(C)(C)C(CCO)NCc1nccn1C(F)F. The van der Waals surface area contributed by atoms with E-state index in [4.69, 9.17) is 5.11 Å². The molecule has 0 bridgehead atoms. The number of aliphatic hydroxyl groups is 1. The summed E-state index contributed by atoms with van der Waals surface area (Å²) in [4.78, 5) is 3.91. The Hall–Kier alpha value is -1.01. The van der Waals surface area contributed by atoms with Crippen LogP contribution in [0.4, 0.5) is 8.78 Å². The predicted molar refractivity (Wildman–Crippen MR) is 65.3 cm³/mol. The summed E-state index contributed by atoms with van der Waals surface area (Å²) in [6.07, 6.45) is 3.21. The average molecular weight is 261 g/mol. The van der Waals surface area contributed by atoms with Crippen molar-refractivity contribution in [2.45, 2.75) is 46.3 Å². The lowest BCUT2D eigenvalue weighted by molar-refractivity contribution is 0.0660. The highest BCUT2D eigenvalue weighted by molar-refractivity contribution is 4.93. The number of rotatable bonds is 6. The molecule has 1 atom stereocenters. The summed E-state index contributed by atoms with van der Waals surface area (Å²) in [5, 5.41) is 12.2. The van der Waals surface area contributed by atoms with Gasteiger partial charge in [-0.2, -0.15) is 8.78 Å². The summed E-state index contributed by atoms with van der Waals surface area (Å²) < 4.78 is 26.1. The van der Waals surface area contributed by atoms with Crippen LogP contribution in [0.1, 0.15) is 39.6 Å². The van der Waals surface area contributed by atoms with Crippen LogP contribution in [0.5, 0.6) is 0 Å². The molecule has 0 saturated heterocycles. The fourth-order valence-electron chi connectivity index (χ4n) is 1.84. The Morgan fingerprint density at radius 2 is 2.11 bits per heavy atom. The molecule has 0 saturated carbocycles. The van der Waals surface area contributed by atoms with Gasteiger partial charge in [-0.15, -0.1) is 0 Å². The van der Waals surface area contributed by atoms with Gasteiger partial charge in [0.2, 0.25) is 0 Å². The molecule has 0 amide bonds. The zero-order chi connectivity index (χ0) is 13.8. The number of hydrogen-bond donors (Lipinski definition) is 2. The molecular formula is C12H21F2N3O. The van der Waals surface area contributed by atoms with Crippen molar-refractivity contribution in [2.75, 3.05) is 6.61 Å². The van der Waals surface area contributed by atoms with Crippen molar-refractivity contribution < 1.29 is 13.9 Å². The number of hydrogen-bond acceptors (Lipinski definition) is 3. The van der Waals surface area contributed by atoms with E-state index in [0.717, 1.165) is 4.57 Å². The third-order valence-electron chi connectivity index (χ3n) is 2.93. The maximum atomic E-state index is 12.6.